The lowest BCUT2D eigenvalue weighted by Gasteiger charge is -2.17. The van der Waals surface area contributed by atoms with Crippen molar-refractivity contribution < 1.29 is 0 Å². The lowest BCUT2D eigenvalue weighted by molar-refractivity contribution is 0.719. The smallest absolute Gasteiger partial charge is 0.0457 e. The molecule has 0 amide bonds. The van der Waals surface area contributed by atoms with Gasteiger partial charge in [0, 0.05) is 27.5 Å². The molecule has 124 valence electrons. The number of nitrogens with one attached hydrogen (secondary N) is 1. The van der Waals surface area contributed by atoms with Gasteiger partial charge >= 0.3 is 0 Å². The normalized spacial score (nSPS) is 12.4. The Bertz CT molecular complexity index is 957. The number of aromatic amines is 1. The van der Waals surface area contributed by atoms with E-state index in [9.17, 15) is 0 Å². The summed E-state index contributed by atoms with van der Waals surface area (Å²) in [6, 6.07) is 28.0. The third-order valence-corrected chi connectivity index (χ3v) is 5.31. The van der Waals surface area contributed by atoms with Crippen LogP contribution in [0.4, 0.5) is 0 Å². The van der Waals surface area contributed by atoms with Crippen LogP contribution >= 0.6 is 15.9 Å². The molecule has 1 heterocycles. The monoisotopic (exact) mass is 389 g/mol. The predicted molar refractivity (Wildman–Crippen MR) is 109 cm³/mol. The fourth-order valence-electron chi connectivity index (χ4n) is 3.55. The Morgan fingerprint density at radius 3 is 2.32 bits per heavy atom. The van der Waals surface area contributed by atoms with Crippen LogP contribution in [0.15, 0.2) is 89.5 Å². The molecule has 1 N–H and O–H groups in total. The molecule has 0 saturated carbocycles. The van der Waals surface area contributed by atoms with Crippen LogP contribution in [0.5, 0.6) is 0 Å². The number of hydrogen-bond donors (Lipinski definition) is 1. The van der Waals surface area contributed by atoms with Crippen molar-refractivity contribution in [3.63, 3.8) is 0 Å². The Hall–Kier alpha value is -2.32. The van der Waals surface area contributed by atoms with Crippen molar-refractivity contribution in [3.05, 3.63) is 106 Å². The zero-order chi connectivity index (χ0) is 17.1. The Kier molecular flexibility index (Phi) is 4.71. The highest BCUT2D eigenvalue weighted by atomic mass is 79.9. The number of halogens is 1. The van der Waals surface area contributed by atoms with E-state index in [1.54, 1.807) is 0 Å². The van der Waals surface area contributed by atoms with Gasteiger partial charge in [-0.05, 0) is 47.7 Å². The van der Waals surface area contributed by atoms with E-state index in [2.05, 4.69) is 106 Å². The maximum absolute atomic E-state index is 3.62. The Morgan fingerprint density at radius 1 is 0.840 bits per heavy atom. The number of rotatable bonds is 5. The molecule has 25 heavy (non-hydrogen) atoms. The standard InChI is InChI=1S/C23H20BrN/c24-19-12-14-23-21(15-19)22(16-25-23)20(18-9-5-2-6-10-18)13-11-17-7-3-1-4-8-17/h1-10,12,14-16,20,25H,11,13H2. The lowest BCUT2D eigenvalue weighted by Crippen LogP contribution is -2.02. The quantitative estimate of drug-likeness (QED) is 0.391. The molecule has 1 aromatic heterocycles. The molecule has 3 aromatic carbocycles. The van der Waals surface area contributed by atoms with Gasteiger partial charge < -0.3 is 4.98 Å². The van der Waals surface area contributed by atoms with Gasteiger partial charge in [-0.3, -0.25) is 0 Å². The topological polar surface area (TPSA) is 15.8 Å². The van der Waals surface area contributed by atoms with Gasteiger partial charge in [-0.1, -0.05) is 76.6 Å². The minimum absolute atomic E-state index is 0.379. The van der Waals surface area contributed by atoms with Crippen molar-refractivity contribution in [1.29, 1.82) is 0 Å². The van der Waals surface area contributed by atoms with E-state index in [1.807, 2.05) is 0 Å². The third-order valence-electron chi connectivity index (χ3n) is 4.82. The van der Waals surface area contributed by atoms with Crippen molar-refractivity contribution in [1.82, 2.24) is 4.98 Å². The summed E-state index contributed by atoms with van der Waals surface area (Å²) in [5, 5.41) is 1.30. The van der Waals surface area contributed by atoms with E-state index in [0.29, 0.717) is 5.92 Å². The Labute approximate surface area is 156 Å². The van der Waals surface area contributed by atoms with E-state index in [1.165, 1.54) is 27.6 Å². The predicted octanol–water partition coefficient (Wildman–Crippen LogP) is 6.70. The minimum Gasteiger partial charge on any atom is -0.361 e. The molecule has 0 spiro atoms. The Balaban J connectivity index is 1.73. The molecule has 1 atom stereocenters. The first-order chi connectivity index (χ1) is 12.3. The van der Waals surface area contributed by atoms with Crippen molar-refractivity contribution in [2.24, 2.45) is 0 Å². The highest BCUT2D eigenvalue weighted by Gasteiger charge is 2.18. The molecule has 0 aliphatic heterocycles. The number of H-pyrrole nitrogens is 1. The van der Waals surface area contributed by atoms with Crippen molar-refractivity contribution >= 4 is 26.8 Å². The van der Waals surface area contributed by atoms with E-state index < -0.39 is 0 Å². The number of benzene rings is 3. The molecule has 0 radical (unpaired) electrons. The number of hydrogen-bond acceptors (Lipinski definition) is 0. The van der Waals surface area contributed by atoms with Gasteiger partial charge in [0.05, 0.1) is 0 Å². The first-order valence-electron chi connectivity index (χ1n) is 8.66. The van der Waals surface area contributed by atoms with Crippen LogP contribution in [-0.4, -0.2) is 4.98 Å². The maximum Gasteiger partial charge on any atom is 0.0457 e. The van der Waals surface area contributed by atoms with Crippen LogP contribution in [-0.2, 0) is 6.42 Å². The van der Waals surface area contributed by atoms with Crippen LogP contribution < -0.4 is 0 Å². The van der Waals surface area contributed by atoms with Gasteiger partial charge in [-0.2, -0.15) is 0 Å². The van der Waals surface area contributed by atoms with Crippen LogP contribution in [0, 0.1) is 0 Å². The minimum atomic E-state index is 0.379. The van der Waals surface area contributed by atoms with Gasteiger partial charge in [0.1, 0.15) is 0 Å². The van der Waals surface area contributed by atoms with Crippen LogP contribution in [0.1, 0.15) is 29.0 Å². The van der Waals surface area contributed by atoms with Gasteiger partial charge in [0.15, 0.2) is 0 Å². The second kappa shape index (κ2) is 7.28. The van der Waals surface area contributed by atoms with Gasteiger partial charge in [0.25, 0.3) is 0 Å². The summed E-state index contributed by atoms with van der Waals surface area (Å²) in [5.41, 5.74) is 5.33. The van der Waals surface area contributed by atoms with Gasteiger partial charge in [0.2, 0.25) is 0 Å². The van der Waals surface area contributed by atoms with E-state index in [4.69, 9.17) is 0 Å². The molecule has 0 fully saturated rings. The molecular formula is C23H20BrN. The van der Waals surface area contributed by atoms with Gasteiger partial charge in [-0.25, -0.2) is 0 Å². The molecule has 0 bridgehead atoms. The summed E-state index contributed by atoms with van der Waals surface area (Å²) in [6.45, 7) is 0. The summed E-state index contributed by atoms with van der Waals surface area (Å²) in [4.78, 5) is 3.44. The van der Waals surface area contributed by atoms with Crippen molar-refractivity contribution in [3.8, 4) is 0 Å². The molecule has 0 saturated heterocycles. The van der Waals surface area contributed by atoms with Crippen molar-refractivity contribution in [2.45, 2.75) is 18.8 Å². The largest absolute Gasteiger partial charge is 0.361 e. The van der Waals surface area contributed by atoms with Gasteiger partial charge in [-0.15, -0.1) is 0 Å². The lowest BCUT2D eigenvalue weighted by atomic mass is 9.86. The van der Waals surface area contributed by atoms with E-state index in [-0.39, 0.29) is 0 Å². The van der Waals surface area contributed by atoms with Crippen LogP contribution in [0.25, 0.3) is 10.9 Å². The first-order valence-corrected chi connectivity index (χ1v) is 9.46. The third kappa shape index (κ3) is 3.54. The van der Waals surface area contributed by atoms with Crippen LogP contribution in [0.2, 0.25) is 0 Å². The zero-order valence-corrected chi connectivity index (χ0v) is 15.5. The van der Waals surface area contributed by atoms with E-state index >= 15 is 0 Å². The number of aromatic nitrogens is 1. The Morgan fingerprint density at radius 2 is 1.56 bits per heavy atom. The molecule has 0 aliphatic carbocycles. The second-order valence-corrected chi connectivity index (χ2v) is 7.34. The average molecular weight is 390 g/mol. The second-order valence-electron chi connectivity index (χ2n) is 6.42. The zero-order valence-electron chi connectivity index (χ0n) is 14.0. The summed E-state index contributed by atoms with van der Waals surface area (Å²) >= 11 is 3.62. The molecule has 4 rings (SSSR count). The van der Waals surface area contributed by atoms with E-state index in [0.717, 1.165) is 17.3 Å². The number of aryl methyl sites for hydroxylation is 1. The average Bonchev–Trinajstić information content (AvgIpc) is 3.07. The first kappa shape index (κ1) is 16.2. The fraction of sp³-hybridized carbons (Fsp3) is 0.130. The molecule has 1 nitrogen and oxygen atoms in total. The summed E-state index contributed by atoms with van der Waals surface area (Å²) in [5.74, 6) is 0.379. The summed E-state index contributed by atoms with van der Waals surface area (Å²) < 4.78 is 1.12. The fourth-order valence-corrected chi connectivity index (χ4v) is 3.91. The SMILES string of the molecule is Brc1ccc2[nH]cc(C(CCc3ccccc3)c3ccccc3)c2c1. The van der Waals surface area contributed by atoms with Crippen LogP contribution in [0.3, 0.4) is 0 Å². The number of fused-ring (bicyclic) bond motifs is 1. The van der Waals surface area contributed by atoms with Crippen molar-refractivity contribution in [2.75, 3.05) is 0 Å². The molecule has 0 aliphatic rings. The molecule has 2 heteroatoms. The maximum atomic E-state index is 3.62. The highest BCUT2D eigenvalue weighted by Crippen LogP contribution is 2.35. The summed E-state index contributed by atoms with van der Waals surface area (Å²) in [7, 11) is 0. The highest BCUT2D eigenvalue weighted by molar-refractivity contribution is 9.10. The molecule has 1 unspecified atom stereocenters. The molecule has 4 aromatic rings. The summed E-state index contributed by atoms with van der Waals surface area (Å²) in [6.07, 6.45) is 4.34. The molecular weight excluding hydrogens is 370 g/mol.